The van der Waals surface area contributed by atoms with Crippen LogP contribution in [0.4, 0.5) is 0 Å². The van der Waals surface area contributed by atoms with Gasteiger partial charge in [0.1, 0.15) is 0 Å². The largest absolute Gasteiger partial charge is 0.388 e. The maximum atomic E-state index is 12.0. The summed E-state index contributed by atoms with van der Waals surface area (Å²) in [5.41, 5.74) is 2.55. The van der Waals surface area contributed by atoms with Crippen LogP contribution in [0.1, 0.15) is 34.0 Å². The molecule has 2 rings (SSSR count). The number of hydrogen-bond donors (Lipinski definition) is 1. The predicted octanol–water partition coefficient (Wildman–Crippen LogP) is 3.30. The third-order valence-electron chi connectivity index (χ3n) is 2.94. The third-order valence-corrected chi connectivity index (χ3v) is 2.94. The van der Waals surface area contributed by atoms with Gasteiger partial charge in [0.05, 0.1) is 6.10 Å². The zero-order chi connectivity index (χ0) is 13.0. The van der Waals surface area contributed by atoms with Crippen LogP contribution in [0.5, 0.6) is 0 Å². The number of carbonyl (C=O) groups is 1. The van der Waals surface area contributed by atoms with Crippen LogP contribution < -0.4 is 0 Å². The second-order valence-electron chi connectivity index (χ2n) is 4.42. The summed E-state index contributed by atoms with van der Waals surface area (Å²) in [5, 5.41) is 9.99. The van der Waals surface area contributed by atoms with Crippen molar-refractivity contribution in [2.75, 3.05) is 0 Å². The van der Waals surface area contributed by atoms with Crippen molar-refractivity contribution in [3.63, 3.8) is 0 Å². The molecule has 0 radical (unpaired) electrons. The minimum Gasteiger partial charge on any atom is -0.388 e. The van der Waals surface area contributed by atoms with Crippen LogP contribution in [0.15, 0.2) is 54.6 Å². The highest BCUT2D eigenvalue weighted by atomic mass is 16.3. The quantitative estimate of drug-likeness (QED) is 0.832. The van der Waals surface area contributed by atoms with Gasteiger partial charge in [-0.15, -0.1) is 0 Å². The van der Waals surface area contributed by atoms with Crippen molar-refractivity contribution in [1.29, 1.82) is 0 Å². The molecule has 0 aliphatic rings. The molecular weight excluding hydrogens is 224 g/mol. The van der Waals surface area contributed by atoms with E-state index in [0.29, 0.717) is 5.56 Å². The summed E-state index contributed by atoms with van der Waals surface area (Å²) in [7, 11) is 0. The lowest BCUT2D eigenvalue weighted by Gasteiger charge is -2.10. The van der Waals surface area contributed by atoms with E-state index in [-0.39, 0.29) is 12.2 Å². The Hall–Kier alpha value is -1.93. The number of aliphatic hydroxyl groups excluding tert-OH is 1. The van der Waals surface area contributed by atoms with E-state index < -0.39 is 6.10 Å². The van der Waals surface area contributed by atoms with Gasteiger partial charge in [-0.2, -0.15) is 0 Å². The molecule has 18 heavy (non-hydrogen) atoms. The Kier molecular flexibility index (Phi) is 3.90. The first-order valence-corrected chi connectivity index (χ1v) is 5.99. The van der Waals surface area contributed by atoms with Crippen molar-refractivity contribution in [2.24, 2.45) is 0 Å². The summed E-state index contributed by atoms with van der Waals surface area (Å²) in [4.78, 5) is 12.0. The number of carbonyl (C=O) groups excluding carboxylic acids is 1. The molecule has 0 fully saturated rings. The van der Waals surface area contributed by atoms with Crippen LogP contribution in [-0.2, 0) is 0 Å². The zero-order valence-electron chi connectivity index (χ0n) is 10.3. The summed E-state index contributed by atoms with van der Waals surface area (Å²) in [6, 6.07) is 16.7. The smallest absolute Gasteiger partial charge is 0.165 e. The highest BCUT2D eigenvalue weighted by Gasteiger charge is 2.13. The summed E-state index contributed by atoms with van der Waals surface area (Å²) < 4.78 is 0. The van der Waals surface area contributed by atoms with Gasteiger partial charge in [0.25, 0.3) is 0 Å². The van der Waals surface area contributed by atoms with Crippen molar-refractivity contribution in [1.82, 2.24) is 0 Å². The lowest BCUT2D eigenvalue weighted by atomic mass is 10.00. The van der Waals surface area contributed by atoms with E-state index in [4.69, 9.17) is 0 Å². The van der Waals surface area contributed by atoms with Crippen molar-refractivity contribution in [3.05, 3.63) is 71.3 Å². The molecular formula is C16H16O2. The van der Waals surface area contributed by atoms with Crippen molar-refractivity contribution >= 4 is 5.78 Å². The Morgan fingerprint density at radius 2 is 1.67 bits per heavy atom. The number of aryl methyl sites for hydroxylation is 1. The van der Waals surface area contributed by atoms with E-state index >= 15 is 0 Å². The van der Waals surface area contributed by atoms with Crippen molar-refractivity contribution in [2.45, 2.75) is 19.4 Å². The van der Waals surface area contributed by atoms with Gasteiger partial charge in [0, 0.05) is 12.0 Å². The van der Waals surface area contributed by atoms with Gasteiger partial charge in [-0.1, -0.05) is 60.2 Å². The molecule has 1 atom stereocenters. The molecule has 0 aliphatic heterocycles. The fourth-order valence-corrected chi connectivity index (χ4v) is 1.83. The first-order chi connectivity index (χ1) is 8.66. The fraction of sp³-hybridized carbons (Fsp3) is 0.188. The molecule has 2 heteroatoms. The molecule has 0 aromatic heterocycles. The summed E-state index contributed by atoms with van der Waals surface area (Å²) in [6.45, 7) is 1.98. The van der Waals surface area contributed by atoms with Crippen LogP contribution in [0, 0.1) is 6.92 Å². The monoisotopic (exact) mass is 240 g/mol. The van der Waals surface area contributed by atoms with Crippen LogP contribution in [0.2, 0.25) is 0 Å². The number of benzene rings is 2. The molecule has 0 bridgehead atoms. The minimum atomic E-state index is -0.736. The minimum absolute atomic E-state index is 0.0358. The molecule has 2 aromatic rings. The molecule has 1 unspecified atom stereocenters. The lowest BCUT2D eigenvalue weighted by Crippen LogP contribution is -2.07. The average Bonchev–Trinajstić information content (AvgIpc) is 2.40. The Morgan fingerprint density at radius 3 is 2.28 bits per heavy atom. The van der Waals surface area contributed by atoms with Gasteiger partial charge in [0.15, 0.2) is 5.78 Å². The molecule has 2 aromatic carbocycles. The second-order valence-corrected chi connectivity index (χ2v) is 4.42. The van der Waals surface area contributed by atoms with E-state index in [9.17, 15) is 9.90 Å². The molecule has 1 N–H and O–H groups in total. The third kappa shape index (κ3) is 3.05. The molecule has 0 amide bonds. The van der Waals surface area contributed by atoms with E-state index in [1.54, 1.807) is 12.1 Å². The number of Topliss-reactive ketones (excluding diaryl/α,β-unsaturated/α-hetero) is 1. The molecule has 92 valence electrons. The molecule has 0 saturated carbocycles. The Morgan fingerprint density at radius 1 is 1.06 bits per heavy atom. The van der Waals surface area contributed by atoms with E-state index in [1.165, 1.54) is 0 Å². The molecule has 0 saturated heterocycles. The van der Waals surface area contributed by atoms with Gasteiger partial charge < -0.3 is 5.11 Å². The number of ketones is 1. The highest BCUT2D eigenvalue weighted by Crippen LogP contribution is 2.18. The van der Waals surface area contributed by atoms with Crippen LogP contribution >= 0.6 is 0 Å². The topological polar surface area (TPSA) is 37.3 Å². The second kappa shape index (κ2) is 5.61. The summed E-state index contributed by atoms with van der Waals surface area (Å²) in [6.07, 6.45) is -0.618. The maximum absolute atomic E-state index is 12.0. The summed E-state index contributed by atoms with van der Waals surface area (Å²) in [5.74, 6) is -0.0358. The van der Waals surface area contributed by atoms with Gasteiger partial charge in [-0.25, -0.2) is 0 Å². The maximum Gasteiger partial charge on any atom is 0.165 e. The summed E-state index contributed by atoms with van der Waals surface area (Å²) >= 11 is 0. The Balaban J connectivity index is 2.06. The van der Waals surface area contributed by atoms with E-state index in [2.05, 4.69) is 0 Å². The SMILES string of the molecule is Cc1ccc(C(=O)CC(O)c2ccccc2)cc1. The normalized spacial score (nSPS) is 12.1. The highest BCUT2D eigenvalue weighted by molar-refractivity contribution is 5.96. The number of rotatable bonds is 4. The van der Waals surface area contributed by atoms with Gasteiger partial charge in [-0.05, 0) is 12.5 Å². The molecule has 0 spiro atoms. The van der Waals surface area contributed by atoms with Crippen LogP contribution in [0.3, 0.4) is 0 Å². The van der Waals surface area contributed by atoms with Gasteiger partial charge in [-0.3, -0.25) is 4.79 Å². The average molecular weight is 240 g/mol. The van der Waals surface area contributed by atoms with E-state index in [0.717, 1.165) is 11.1 Å². The lowest BCUT2D eigenvalue weighted by molar-refractivity contribution is 0.0880. The molecule has 2 nitrogen and oxygen atoms in total. The van der Waals surface area contributed by atoms with Gasteiger partial charge >= 0.3 is 0 Å². The first-order valence-electron chi connectivity index (χ1n) is 5.99. The zero-order valence-corrected chi connectivity index (χ0v) is 10.3. The molecule has 0 aliphatic carbocycles. The number of aliphatic hydroxyl groups is 1. The van der Waals surface area contributed by atoms with Gasteiger partial charge in [0.2, 0.25) is 0 Å². The number of hydrogen-bond acceptors (Lipinski definition) is 2. The van der Waals surface area contributed by atoms with E-state index in [1.807, 2.05) is 49.4 Å². The molecule has 0 heterocycles. The van der Waals surface area contributed by atoms with Crippen LogP contribution in [-0.4, -0.2) is 10.9 Å². The van der Waals surface area contributed by atoms with Crippen molar-refractivity contribution < 1.29 is 9.90 Å². The first kappa shape index (κ1) is 12.5. The van der Waals surface area contributed by atoms with Crippen molar-refractivity contribution in [3.8, 4) is 0 Å². The Labute approximate surface area is 107 Å². The Bertz CT molecular complexity index is 515. The standard InChI is InChI=1S/C16H16O2/c1-12-7-9-14(10-8-12)16(18)11-15(17)13-5-3-2-4-6-13/h2-10,15,17H,11H2,1H3. The fourth-order valence-electron chi connectivity index (χ4n) is 1.83. The van der Waals surface area contributed by atoms with Crippen LogP contribution in [0.25, 0.3) is 0 Å². The predicted molar refractivity (Wildman–Crippen MR) is 71.5 cm³/mol.